The van der Waals surface area contributed by atoms with Crippen molar-refractivity contribution < 1.29 is 13.5 Å². The second-order valence-corrected chi connectivity index (χ2v) is 5.22. The molecule has 0 aliphatic rings. The maximum Gasteiger partial charge on any atom is 0.165 e. The van der Waals surface area contributed by atoms with Crippen molar-refractivity contribution in [2.75, 3.05) is 7.11 Å². The molecule has 100 valence electrons. The van der Waals surface area contributed by atoms with Crippen LogP contribution in [0.2, 0.25) is 0 Å². The van der Waals surface area contributed by atoms with E-state index in [9.17, 15) is 8.78 Å². The molecule has 0 aliphatic carbocycles. The summed E-state index contributed by atoms with van der Waals surface area (Å²) in [6, 6.07) is 9.02. The van der Waals surface area contributed by atoms with Crippen LogP contribution in [0, 0.1) is 11.6 Å². The fraction of sp³-hybridized carbons (Fsp3) is 0.143. The Morgan fingerprint density at radius 1 is 1.05 bits per heavy atom. The Balaban J connectivity index is 2.35. The molecule has 0 aromatic heterocycles. The van der Waals surface area contributed by atoms with Gasteiger partial charge in [-0.1, -0.05) is 12.1 Å². The molecule has 0 bridgehead atoms. The summed E-state index contributed by atoms with van der Waals surface area (Å²) in [5, 5.41) is -0.622. The highest BCUT2D eigenvalue weighted by Crippen LogP contribution is 2.32. The first-order valence-electron chi connectivity index (χ1n) is 5.45. The van der Waals surface area contributed by atoms with Crippen LogP contribution in [0.3, 0.4) is 0 Å². The number of hydrogen-bond acceptors (Lipinski definition) is 1. The number of alkyl halides is 1. The Morgan fingerprint density at radius 2 is 1.63 bits per heavy atom. The van der Waals surface area contributed by atoms with Crippen LogP contribution in [0.1, 0.15) is 16.5 Å². The third kappa shape index (κ3) is 3.07. The normalized spacial score (nSPS) is 12.3. The quantitative estimate of drug-likeness (QED) is 0.705. The minimum absolute atomic E-state index is 0.148. The average molecular weight is 348 g/mol. The van der Waals surface area contributed by atoms with Crippen molar-refractivity contribution in [2.24, 2.45) is 0 Å². The zero-order valence-corrected chi connectivity index (χ0v) is 12.3. The summed E-state index contributed by atoms with van der Waals surface area (Å²) >= 11 is 9.30. The number of hydrogen-bond donors (Lipinski definition) is 0. The fourth-order valence-corrected chi connectivity index (χ4v) is 2.22. The van der Waals surface area contributed by atoms with Crippen molar-refractivity contribution in [3.8, 4) is 5.75 Å². The van der Waals surface area contributed by atoms with Gasteiger partial charge in [0.2, 0.25) is 0 Å². The van der Waals surface area contributed by atoms with Crippen LogP contribution in [0.25, 0.3) is 0 Å². The first-order chi connectivity index (χ1) is 9.02. The molecular formula is C14H10BrClF2O. The van der Waals surface area contributed by atoms with E-state index in [1.54, 1.807) is 18.2 Å². The van der Waals surface area contributed by atoms with E-state index >= 15 is 0 Å². The van der Waals surface area contributed by atoms with E-state index in [1.165, 1.54) is 25.3 Å². The van der Waals surface area contributed by atoms with Gasteiger partial charge in [0.25, 0.3) is 0 Å². The molecule has 0 aliphatic heterocycles. The number of ether oxygens (including phenoxy) is 1. The lowest BCUT2D eigenvalue weighted by Crippen LogP contribution is -1.97. The summed E-state index contributed by atoms with van der Waals surface area (Å²) in [6.07, 6.45) is 0. The SMILES string of the molecule is COc1ccc(C(Cl)c2ccc(Br)c(F)c2)cc1F. The van der Waals surface area contributed by atoms with Crippen LogP contribution < -0.4 is 4.74 Å². The topological polar surface area (TPSA) is 9.23 Å². The Kier molecular flexibility index (Phi) is 4.42. The molecular weight excluding hydrogens is 338 g/mol. The second-order valence-electron chi connectivity index (χ2n) is 3.93. The molecule has 1 nitrogen and oxygen atoms in total. The van der Waals surface area contributed by atoms with E-state index in [2.05, 4.69) is 15.9 Å². The van der Waals surface area contributed by atoms with Gasteiger partial charge in [0, 0.05) is 0 Å². The molecule has 1 unspecified atom stereocenters. The minimum Gasteiger partial charge on any atom is -0.494 e. The summed E-state index contributed by atoms with van der Waals surface area (Å²) in [7, 11) is 1.39. The van der Waals surface area contributed by atoms with Crippen molar-refractivity contribution in [3.05, 3.63) is 63.6 Å². The summed E-state index contributed by atoms with van der Waals surface area (Å²) in [5.74, 6) is -0.755. The molecule has 2 rings (SSSR count). The fourth-order valence-electron chi connectivity index (χ4n) is 1.70. The number of methoxy groups -OCH3 is 1. The summed E-state index contributed by atoms with van der Waals surface area (Å²) in [5.41, 5.74) is 1.11. The number of benzene rings is 2. The van der Waals surface area contributed by atoms with Crippen LogP contribution >= 0.6 is 27.5 Å². The molecule has 0 N–H and O–H groups in total. The van der Waals surface area contributed by atoms with Crippen molar-refractivity contribution >= 4 is 27.5 Å². The monoisotopic (exact) mass is 346 g/mol. The molecule has 0 spiro atoms. The standard InChI is InChI=1S/C14H10BrClF2O/c1-19-13-5-3-9(7-12(13)18)14(16)8-2-4-10(15)11(17)6-8/h2-7,14H,1H3. The van der Waals surface area contributed by atoms with Crippen molar-refractivity contribution in [1.82, 2.24) is 0 Å². The van der Waals surface area contributed by atoms with Gasteiger partial charge in [-0.2, -0.15) is 0 Å². The molecule has 0 amide bonds. The van der Waals surface area contributed by atoms with E-state index < -0.39 is 17.0 Å². The van der Waals surface area contributed by atoms with E-state index in [4.69, 9.17) is 16.3 Å². The highest BCUT2D eigenvalue weighted by molar-refractivity contribution is 9.10. The van der Waals surface area contributed by atoms with Crippen molar-refractivity contribution in [2.45, 2.75) is 5.38 Å². The molecule has 2 aromatic rings. The summed E-state index contributed by atoms with van der Waals surface area (Å²) < 4.78 is 32.3. The van der Waals surface area contributed by atoms with Crippen LogP contribution in [0.15, 0.2) is 40.9 Å². The first-order valence-corrected chi connectivity index (χ1v) is 6.68. The molecule has 0 heterocycles. The molecule has 0 fully saturated rings. The molecule has 0 radical (unpaired) electrons. The van der Waals surface area contributed by atoms with E-state index in [0.717, 1.165) is 0 Å². The smallest absolute Gasteiger partial charge is 0.165 e. The second kappa shape index (κ2) is 5.88. The van der Waals surface area contributed by atoms with E-state index in [0.29, 0.717) is 15.6 Å². The molecule has 0 saturated heterocycles. The van der Waals surface area contributed by atoms with Crippen molar-refractivity contribution in [1.29, 1.82) is 0 Å². The Hall–Kier alpha value is -1.13. The molecule has 5 heteroatoms. The van der Waals surface area contributed by atoms with Gasteiger partial charge < -0.3 is 4.74 Å². The average Bonchev–Trinajstić information content (AvgIpc) is 2.41. The predicted octanol–water partition coefficient (Wildman–Crippen LogP) is 5.06. The van der Waals surface area contributed by atoms with Crippen molar-refractivity contribution in [3.63, 3.8) is 0 Å². The highest BCUT2D eigenvalue weighted by Gasteiger charge is 2.15. The van der Waals surface area contributed by atoms with Gasteiger partial charge in [-0.05, 0) is 51.3 Å². The Morgan fingerprint density at radius 3 is 2.16 bits per heavy atom. The van der Waals surface area contributed by atoms with Crippen LogP contribution in [0.4, 0.5) is 8.78 Å². The lowest BCUT2D eigenvalue weighted by atomic mass is 10.0. The lowest BCUT2D eigenvalue weighted by molar-refractivity contribution is 0.386. The predicted molar refractivity (Wildman–Crippen MR) is 74.7 cm³/mol. The first kappa shape index (κ1) is 14.3. The van der Waals surface area contributed by atoms with Gasteiger partial charge >= 0.3 is 0 Å². The summed E-state index contributed by atoms with van der Waals surface area (Å²) in [6.45, 7) is 0. The Bertz CT molecular complexity index is 604. The van der Waals surface area contributed by atoms with Gasteiger partial charge in [0.05, 0.1) is 17.0 Å². The maximum absolute atomic E-state index is 13.6. The highest BCUT2D eigenvalue weighted by atomic mass is 79.9. The van der Waals surface area contributed by atoms with Crippen LogP contribution in [-0.2, 0) is 0 Å². The maximum atomic E-state index is 13.6. The molecule has 19 heavy (non-hydrogen) atoms. The van der Waals surface area contributed by atoms with Gasteiger partial charge in [-0.25, -0.2) is 8.78 Å². The zero-order valence-electron chi connectivity index (χ0n) is 9.96. The third-order valence-electron chi connectivity index (χ3n) is 2.70. The summed E-state index contributed by atoms with van der Waals surface area (Å²) in [4.78, 5) is 0. The molecule has 0 saturated carbocycles. The van der Waals surface area contributed by atoms with Gasteiger partial charge in [-0.15, -0.1) is 11.6 Å². The Labute approximate surface area is 123 Å². The van der Waals surface area contributed by atoms with Crippen LogP contribution in [-0.4, -0.2) is 7.11 Å². The van der Waals surface area contributed by atoms with Crippen LogP contribution in [0.5, 0.6) is 5.75 Å². The molecule has 1 atom stereocenters. The largest absolute Gasteiger partial charge is 0.494 e. The van der Waals surface area contributed by atoms with Gasteiger partial charge in [0.15, 0.2) is 11.6 Å². The lowest BCUT2D eigenvalue weighted by Gasteiger charge is -2.12. The molecule has 2 aromatic carbocycles. The zero-order chi connectivity index (χ0) is 14.0. The third-order valence-corrected chi connectivity index (χ3v) is 3.85. The van der Waals surface area contributed by atoms with Gasteiger partial charge in [0.1, 0.15) is 5.82 Å². The number of halogens is 4. The van der Waals surface area contributed by atoms with E-state index in [1.807, 2.05) is 0 Å². The minimum atomic E-state index is -0.622. The van der Waals surface area contributed by atoms with E-state index in [-0.39, 0.29) is 5.75 Å². The number of rotatable bonds is 3. The van der Waals surface area contributed by atoms with Gasteiger partial charge in [-0.3, -0.25) is 0 Å².